The van der Waals surface area contributed by atoms with Crippen LogP contribution in [0, 0.1) is 0 Å². The van der Waals surface area contributed by atoms with Crippen molar-refractivity contribution in [1.82, 2.24) is 4.98 Å². The summed E-state index contributed by atoms with van der Waals surface area (Å²) in [4.78, 5) is 3.32. The van der Waals surface area contributed by atoms with Crippen molar-refractivity contribution in [2.75, 3.05) is 6.26 Å². The highest BCUT2D eigenvalue weighted by atomic mass is 32.2. The third-order valence-electron chi connectivity index (χ3n) is 1.61. The first-order chi connectivity index (χ1) is 6.21. The lowest BCUT2D eigenvalue weighted by Crippen LogP contribution is -2.10. The van der Waals surface area contributed by atoms with Crippen molar-refractivity contribution < 1.29 is 17.2 Å². The fourth-order valence-corrected chi connectivity index (χ4v) is 1.42. The minimum atomic E-state index is -3.37. The average Bonchev–Trinajstić information content (AvgIpc) is 2.01. The maximum atomic E-state index is 12.7. The molecule has 14 heavy (non-hydrogen) atoms. The third-order valence-corrected chi connectivity index (χ3v) is 2.71. The van der Waals surface area contributed by atoms with E-state index in [0.717, 1.165) is 24.6 Å². The number of pyridine rings is 1. The van der Waals surface area contributed by atoms with Crippen molar-refractivity contribution in [2.45, 2.75) is 17.7 Å². The van der Waals surface area contributed by atoms with Crippen molar-refractivity contribution in [3.63, 3.8) is 0 Å². The molecular weight excluding hydrogens is 212 g/mol. The van der Waals surface area contributed by atoms with E-state index < -0.39 is 21.5 Å². The second-order valence-corrected chi connectivity index (χ2v) is 5.06. The molecule has 0 N–H and O–H groups in total. The van der Waals surface area contributed by atoms with E-state index in [1.54, 1.807) is 0 Å². The van der Waals surface area contributed by atoms with E-state index >= 15 is 0 Å². The summed E-state index contributed by atoms with van der Waals surface area (Å²) in [5, 5.41) is 0. The van der Waals surface area contributed by atoms with Gasteiger partial charge in [-0.1, -0.05) is 0 Å². The molecular formula is C8H9F2NO2S. The molecule has 0 radical (unpaired) electrons. The Kier molecular flexibility index (Phi) is 2.58. The highest BCUT2D eigenvalue weighted by Gasteiger charge is 2.26. The Morgan fingerprint density at radius 1 is 1.36 bits per heavy atom. The summed E-state index contributed by atoms with van der Waals surface area (Å²) in [6.07, 6.45) is 1.93. The summed E-state index contributed by atoms with van der Waals surface area (Å²) in [7, 11) is -3.37. The lowest BCUT2D eigenvalue weighted by molar-refractivity contribution is 0.0126. The monoisotopic (exact) mass is 221 g/mol. The summed E-state index contributed by atoms with van der Waals surface area (Å²) in [6, 6.07) is 2.13. The van der Waals surface area contributed by atoms with Crippen LogP contribution in [0.4, 0.5) is 8.78 Å². The SMILES string of the molecule is CC(F)(F)c1ccc(S(C)(=O)=O)cn1. The molecule has 0 atom stereocenters. The van der Waals surface area contributed by atoms with Crippen LogP contribution in [0.3, 0.4) is 0 Å². The molecule has 0 spiro atoms. The van der Waals surface area contributed by atoms with Crippen molar-refractivity contribution >= 4 is 9.84 Å². The van der Waals surface area contributed by atoms with Crippen molar-refractivity contribution in [1.29, 1.82) is 0 Å². The van der Waals surface area contributed by atoms with Gasteiger partial charge in [0.2, 0.25) is 0 Å². The summed E-state index contributed by atoms with van der Waals surface area (Å²) < 4.78 is 47.3. The van der Waals surface area contributed by atoms with Crippen LogP contribution < -0.4 is 0 Å². The van der Waals surface area contributed by atoms with Crippen LogP contribution in [0.5, 0.6) is 0 Å². The summed E-state index contributed by atoms with van der Waals surface area (Å²) in [6.45, 7) is 0.704. The molecule has 0 amide bonds. The van der Waals surface area contributed by atoms with E-state index in [0.29, 0.717) is 6.92 Å². The van der Waals surface area contributed by atoms with Crippen molar-refractivity contribution in [3.05, 3.63) is 24.0 Å². The van der Waals surface area contributed by atoms with Crippen LogP contribution >= 0.6 is 0 Å². The second-order valence-electron chi connectivity index (χ2n) is 3.04. The van der Waals surface area contributed by atoms with Gasteiger partial charge in [-0.15, -0.1) is 0 Å². The van der Waals surface area contributed by atoms with Crippen molar-refractivity contribution in [2.24, 2.45) is 0 Å². The molecule has 0 aliphatic rings. The van der Waals surface area contributed by atoms with Gasteiger partial charge >= 0.3 is 0 Å². The van der Waals surface area contributed by atoms with Gasteiger partial charge in [0.25, 0.3) is 5.92 Å². The molecule has 1 heterocycles. The topological polar surface area (TPSA) is 47.0 Å². The van der Waals surface area contributed by atoms with E-state index in [-0.39, 0.29) is 4.90 Å². The summed E-state index contributed by atoms with van der Waals surface area (Å²) in [5.74, 6) is -3.05. The van der Waals surface area contributed by atoms with Crippen LogP contribution in [0.15, 0.2) is 23.2 Å². The van der Waals surface area contributed by atoms with E-state index in [1.165, 1.54) is 0 Å². The predicted octanol–water partition coefficient (Wildman–Crippen LogP) is 1.60. The largest absolute Gasteiger partial charge is 0.286 e. The van der Waals surface area contributed by atoms with E-state index in [2.05, 4.69) is 4.98 Å². The van der Waals surface area contributed by atoms with E-state index in [4.69, 9.17) is 0 Å². The van der Waals surface area contributed by atoms with Gasteiger partial charge in [-0.25, -0.2) is 8.42 Å². The standard InChI is InChI=1S/C8H9F2NO2S/c1-8(9,10)7-4-3-6(5-11-7)14(2,12)13/h3-5H,1-2H3. The molecule has 0 saturated heterocycles. The summed E-state index contributed by atoms with van der Waals surface area (Å²) >= 11 is 0. The maximum absolute atomic E-state index is 12.7. The van der Waals surface area contributed by atoms with E-state index in [9.17, 15) is 17.2 Å². The highest BCUT2D eigenvalue weighted by Crippen LogP contribution is 2.25. The zero-order chi connectivity index (χ0) is 11.0. The molecule has 78 valence electrons. The molecule has 0 aliphatic carbocycles. The number of rotatable bonds is 2. The number of alkyl halides is 2. The van der Waals surface area contributed by atoms with Gasteiger partial charge in [0, 0.05) is 19.4 Å². The van der Waals surface area contributed by atoms with Gasteiger partial charge in [-0.05, 0) is 12.1 Å². The minimum absolute atomic E-state index is 0.0644. The third kappa shape index (κ3) is 2.47. The summed E-state index contributed by atoms with van der Waals surface area (Å²) in [5.41, 5.74) is -0.440. The second kappa shape index (κ2) is 3.27. The number of aromatic nitrogens is 1. The lowest BCUT2D eigenvalue weighted by atomic mass is 10.2. The molecule has 3 nitrogen and oxygen atoms in total. The first kappa shape index (κ1) is 11.0. The van der Waals surface area contributed by atoms with E-state index in [1.807, 2.05) is 0 Å². The highest BCUT2D eigenvalue weighted by molar-refractivity contribution is 7.90. The Morgan fingerprint density at radius 2 is 1.93 bits per heavy atom. The molecule has 0 saturated carbocycles. The Hall–Kier alpha value is -1.04. The van der Waals surface area contributed by atoms with Gasteiger partial charge in [-0.3, -0.25) is 4.98 Å². The number of hydrogen-bond acceptors (Lipinski definition) is 3. The number of halogens is 2. The molecule has 0 unspecified atom stereocenters. The number of hydrogen-bond donors (Lipinski definition) is 0. The first-order valence-electron chi connectivity index (χ1n) is 3.75. The molecule has 1 aromatic heterocycles. The van der Waals surface area contributed by atoms with Gasteiger partial charge in [-0.2, -0.15) is 8.78 Å². The van der Waals surface area contributed by atoms with Crippen LogP contribution in [0.25, 0.3) is 0 Å². The van der Waals surface area contributed by atoms with Crippen LogP contribution in [0.2, 0.25) is 0 Å². The smallest absolute Gasteiger partial charge is 0.254 e. The Morgan fingerprint density at radius 3 is 2.21 bits per heavy atom. The Balaban J connectivity index is 3.14. The first-order valence-corrected chi connectivity index (χ1v) is 5.65. The fraction of sp³-hybridized carbons (Fsp3) is 0.375. The molecule has 6 heteroatoms. The minimum Gasteiger partial charge on any atom is -0.254 e. The molecule has 1 rings (SSSR count). The Labute approximate surface area is 80.7 Å². The molecule has 0 aliphatic heterocycles. The molecule has 0 fully saturated rings. The van der Waals surface area contributed by atoms with Crippen LogP contribution in [-0.4, -0.2) is 19.7 Å². The zero-order valence-electron chi connectivity index (χ0n) is 7.66. The van der Waals surface area contributed by atoms with Crippen molar-refractivity contribution in [3.8, 4) is 0 Å². The Bertz CT molecular complexity index is 420. The van der Waals surface area contributed by atoms with Crippen LogP contribution in [0.1, 0.15) is 12.6 Å². The quantitative estimate of drug-likeness (QED) is 0.762. The van der Waals surface area contributed by atoms with Gasteiger partial charge in [0.1, 0.15) is 5.69 Å². The van der Waals surface area contributed by atoms with Gasteiger partial charge in [0.15, 0.2) is 9.84 Å². The zero-order valence-corrected chi connectivity index (χ0v) is 8.48. The van der Waals surface area contributed by atoms with Gasteiger partial charge in [0.05, 0.1) is 4.90 Å². The molecule has 0 aromatic carbocycles. The number of nitrogens with zero attached hydrogens (tertiary/aromatic N) is 1. The average molecular weight is 221 g/mol. The number of sulfone groups is 1. The lowest BCUT2D eigenvalue weighted by Gasteiger charge is -2.08. The maximum Gasteiger partial charge on any atom is 0.286 e. The molecule has 1 aromatic rings. The van der Waals surface area contributed by atoms with Crippen LogP contribution in [-0.2, 0) is 15.8 Å². The predicted molar refractivity (Wildman–Crippen MR) is 46.9 cm³/mol. The normalized spacial score (nSPS) is 12.9. The fourth-order valence-electron chi connectivity index (χ4n) is 0.859. The molecule has 0 bridgehead atoms. The van der Waals surface area contributed by atoms with Gasteiger partial charge < -0.3 is 0 Å².